The normalized spacial score (nSPS) is 13.6. The largest absolute Gasteiger partial charge is 0.0880 e. The summed E-state index contributed by atoms with van der Waals surface area (Å²) in [4.78, 5) is 0. The number of hydrogen-bond donors (Lipinski definition) is 0. The van der Waals surface area contributed by atoms with Crippen molar-refractivity contribution in [2.45, 2.75) is 80.1 Å². The summed E-state index contributed by atoms with van der Waals surface area (Å²) < 4.78 is 0. The van der Waals surface area contributed by atoms with Gasteiger partial charge in [-0.05, 0) is 23.7 Å². The molecule has 0 atom stereocenters. The van der Waals surface area contributed by atoms with Crippen molar-refractivity contribution in [1.29, 1.82) is 0 Å². The molecule has 0 spiro atoms. The van der Waals surface area contributed by atoms with Gasteiger partial charge in [0.2, 0.25) is 0 Å². The minimum Gasteiger partial charge on any atom is -0.0880 e. The first-order chi connectivity index (χ1) is 7.45. The highest BCUT2D eigenvalue weighted by molar-refractivity contribution is 4.92. The minimum atomic E-state index is 0.519. The summed E-state index contributed by atoms with van der Waals surface area (Å²) in [6, 6.07) is 0. The van der Waals surface area contributed by atoms with Gasteiger partial charge in [-0.25, -0.2) is 0 Å². The molecule has 0 nitrogen and oxygen atoms in total. The molecular weight excluding hydrogens is 192 g/mol. The van der Waals surface area contributed by atoms with E-state index in [0.29, 0.717) is 10.8 Å². The van der Waals surface area contributed by atoms with Crippen molar-refractivity contribution in [2.24, 2.45) is 10.8 Å². The molecule has 0 aliphatic carbocycles. The van der Waals surface area contributed by atoms with E-state index in [1.165, 1.54) is 38.5 Å². The Balaban J connectivity index is 4.12. The summed E-state index contributed by atoms with van der Waals surface area (Å²) in [6.45, 7) is 14.0. The van der Waals surface area contributed by atoms with Gasteiger partial charge in [-0.1, -0.05) is 79.4 Å². The second-order valence-electron chi connectivity index (χ2n) is 5.92. The van der Waals surface area contributed by atoms with Crippen LogP contribution in [0, 0.1) is 10.8 Å². The van der Waals surface area contributed by atoms with Crippen LogP contribution in [0.5, 0.6) is 0 Å². The minimum absolute atomic E-state index is 0.519. The zero-order chi connectivity index (χ0) is 12.7. The lowest BCUT2D eigenvalue weighted by molar-refractivity contribution is 0.293. The topological polar surface area (TPSA) is 0 Å². The molecule has 0 N–H and O–H groups in total. The summed E-state index contributed by atoms with van der Waals surface area (Å²) in [6.07, 6.45) is 12.4. The standard InChI is InChI=1S/C16H32/c1-7-15(5,8-2)13-11-12-14-16(6,9-3)10-4/h11-12H,7-10,13-14H2,1-6H3. The average molecular weight is 224 g/mol. The fourth-order valence-electron chi connectivity index (χ4n) is 1.81. The zero-order valence-corrected chi connectivity index (χ0v) is 12.4. The molecule has 0 rings (SSSR count). The quantitative estimate of drug-likeness (QED) is 0.445. The Hall–Kier alpha value is -0.260. The fourth-order valence-corrected chi connectivity index (χ4v) is 1.81. The third kappa shape index (κ3) is 5.18. The highest BCUT2D eigenvalue weighted by Crippen LogP contribution is 2.32. The Bertz CT molecular complexity index is 170. The van der Waals surface area contributed by atoms with Gasteiger partial charge in [0, 0.05) is 0 Å². The fraction of sp³-hybridized carbons (Fsp3) is 0.875. The molecule has 0 bridgehead atoms. The highest BCUT2D eigenvalue weighted by Gasteiger charge is 2.19. The molecule has 0 heterocycles. The molecular formula is C16H32. The van der Waals surface area contributed by atoms with Crippen molar-refractivity contribution < 1.29 is 0 Å². The summed E-state index contributed by atoms with van der Waals surface area (Å²) in [5.41, 5.74) is 1.04. The van der Waals surface area contributed by atoms with Crippen LogP contribution in [-0.4, -0.2) is 0 Å². The maximum atomic E-state index is 2.41. The van der Waals surface area contributed by atoms with Crippen molar-refractivity contribution in [2.75, 3.05) is 0 Å². The molecule has 0 aliphatic rings. The lowest BCUT2D eigenvalue weighted by Crippen LogP contribution is -2.13. The predicted molar refractivity (Wildman–Crippen MR) is 75.8 cm³/mol. The van der Waals surface area contributed by atoms with Crippen LogP contribution in [0.15, 0.2) is 12.2 Å². The van der Waals surface area contributed by atoms with E-state index in [4.69, 9.17) is 0 Å². The molecule has 0 heteroatoms. The molecule has 0 unspecified atom stereocenters. The van der Waals surface area contributed by atoms with Crippen molar-refractivity contribution >= 4 is 0 Å². The van der Waals surface area contributed by atoms with Gasteiger partial charge >= 0.3 is 0 Å². The molecule has 0 saturated heterocycles. The molecule has 16 heavy (non-hydrogen) atoms. The van der Waals surface area contributed by atoms with Crippen molar-refractivity contribution in [3.05, 3.63) is 12.2 Å². The second kappa shape index (κ2) is 7.14. The van der Waals surface area contributed by atoms with E-state index >= 15 is 0 Å². The molecule has 0 saturated carbocycles. The van der Waals surface area contributed by atoms with E-state index in [-0.39, 0.29) is 0 Å². The van der Waals surface area contributed by atoms with Gasteiger partial charge in [-0.2, -0.15) is 0 Å². The van der Waals surface area contributed by atoms with Crippen molar-refractivity contribution in [3.63, 3.8) is 0 Å². The van der Waals surface area contributed by atoms with Crippen LogP contribution in [0.3, 0.4) is 0 Å². The highest BCUT2D eigenvalue weighted by atomic mass is 14.2. The van der Waals surface area contributed by atoms with Crippen LogP contribution in [0.2, 0.25) is 0 Å². The summed E-state index contributed by atoms with van der Waals surface area (Å²) in [5.74, 6) is 0. The Morgan fingerprint density at radius 3 is 1.06 bits per heavy atom. The first-order valence-electron chi connectivity index (χ1n) is 7.10. The molecule has 0 radical (unpaired) electrons. The Kier molecular flexibility index (Phi) is 7.03. The van der Waals surface area contributed by atoms with E-state index in [9.17, 15) is 0 Å². The van der Waals surface area contributed by atoms with E-state index in [1.807, 2.05) is 0 Å². The number of hydrogen-bond acceptors (Lipinski definition) is 0. The van der Waals surface area contributed by atoms with E-state index in [1.54, 1.807) is 0 Å². The van der Waals surface area contributed by atoms with Crippen LogP contribution < -0.4 is 0 Å². The average Bonchev–Trinajstić information content (AvgIpc) is 2.34. The molecule has 96 valence electrons. The summed E-state index contributed by atoms with van der Waals surface area (Å²) >= 11 is 0. The van der Waals surface area contributed by atoms with Crippen LogP contribution in [-0.2, 0) is 0 Å². The van der Waals surface area contributed by atoms with Gasteiger partial charge in [0.25, 0.3) is 0 Å². The van der Waals surface area contributed by atoms with Gasteiger partial charge in [0.15, 0.2) is 0 Å². The maximum Gasteiger partial charge on any atom is -0.0297 e. The van der Waals surface area contributed by atoms with Gasteiger partial charge in [-0.15, -0.1) is 0 Å². The summed E-state index contributed by atoms with van der Waals surface area (Å²) in [5, 5.41) is 0. The second-order valence-corrected chi connectivity index (χ2v) is 5.92. The van der Waals surface area contributed by atoms with Gasteiger partial charge in [0.05, 0.1) is 0 Å². The molecule has 0 aromatic rings. The van der Waals surface area contributed by atoms with Gasteiger partial charge in [0.1, 0.15) is 0 Å². The lowest BCUT2D eigenvalue weighted by Gasteiger charge is -2.26. The smallest absolute Gasteiger partial charge is 0.0297 e. The maximum absolute atomic E-state index is 2.41. The summed E-state index contributed by atoms with van der Waals surface area (Å²) in [7, 11) is 0. The van der Waals surface area contributed by atoms with E-state index in [2.05, 4.69) is 53.7 Å². The van der Waals surface area contributed by atoms with Gasteiger partial charge < -0.3 is 0 Å². The number of allylic oxidation sites excluding steroid dienone is 2. The third-order valence-electron chi connectivity index (χ3n) is 4.80. The first kappa shape index (κ1) is 15.7. The van der Waals surface area contributed by atoms with Crippen LogP contribution in [0.1, 0.15) is 80.1 Å². The number of rotatable bonds is 8. The predicted octanol–water partition coefficient (Wildman–Crippen LogP) is 5.98. The van der Waals surface area contributed by atoms with Gasteiger partial charge in [-0.3, -0.25) is 0 Å². The van der Waals surface area contributed by atoms with Crippen molar-refractivity contribution in [1.82, 2.24) is 0 Å². The monoisotopic (exact) mass is 224 g/mol. The van der Waals surface area contributed by atoms with E-state index in [0.717, 1.165) is 0 Å². The molecule has 0 aromatic heterocycles. The molecule has 0 amide bonds. The van der Waals surface area contributed by atoms with Crippen LogP contribution >= 0.6 is 0 Å². The Morgan fingerprint density at radius 2 is 0.875 bits per heavy atom. The van der Waals surface area contributed by atoms with Crippen molar-refractivity contribution in [3.8, 4) is 0 Å². The van der Waals surface area contributed by atoms with Crippen LogP contribution in [0.25, 0.3) is 0 Å². The first-order valence-corrected chi connectivity index (χ1v) is 7.10. The van der Waals surface area contributed by atoms with Crippen LogP contribution in [0.4, 0.5) is 0 Å². The van der Waals surface area contributed by atoms with E-state index < -0.39 is 0 Å². The molecule has 0 aromatic carbocycles. The Morgan fingerprint density at radius 1 is 0.625 bits per heavy atom. The lowest BCUT2D eigenvalue weighted by atomic mass is 9.79. The SMILES string of the molecule is CCC(C)(CC)CC=CCC(C)(CC)CC. The Labute approximate surface area is 104 Å². The molecule has 0 aliphatic heterocycles. The zero-order valence-electron chi connectivity index (χ0n) is 12.4. The molecule has 0 fully saturated rings. The third-order valence-corrected chi connectivity index (χ3v) is 4.80.